The van der Waals surface area contributed by atoms with Gasteiger partial charge in [0, 0.05) is 0 Å². The molecule has 0 atom stereocenters. The first-order valence-corrected chi connectivity index (χ1v) is 10.3. The van der Waals surface area contributed by atoms with Crippen molar-refractivity contribution in [3.63, 3.8) is 0 Å². The number of nitrogens with two attached hydrogens (primary N) is 2. The Labute approximate surface area is 154 Å². The highest BCUT2D eigenvalue weighted by molar-refractivity contribution is 7.91. The lowest BCUT2D eigenvalue weighted by molar-refractivity contribution is -0.383. The topological polar surface area (TPSA) is 204 Å². The van der Waals surface area contributed by atoms with E-state index in [1.807, 2.05) is 0 Å². The molecule has 0 saturated carbocycles. The van der Waals surface area contributed by atoms with Gasteiger partial charge in [0.2, 0.25) is 0 Å². The lowest BCUT2D eigenvalue weighted by atomic mass is 10.0. The SMILES string of the molecule is Nc1ccc(-c2ccc(S(=O)(=O)CCO)c(N)c2[N+](=O)[O-])cc1S(=O)(=O)O. The fraction of sp³-hybridized carbons (Fsp3) is 0.143. The highest BCUT2D eigenvalue weighted by Gasteiger charge is 2.28. The third-order valence-electron chi connectivity index (χ3n) is 3.66. The van der Waals surface area contributed by atoms with Crippen LogP contribution < -0.4 is 11.5 Å². The number of nitrogens with zero attached hydrogens (tertiary/aromatic N) is 1. The van der Waals surface area contributed by atoms with E-state index in [-0.39, 0.29) is 16.8 Å². The summed E-state index contributed by atoms with van der Waals surface area (Å²) in [5, 5.41) is 20.3. The Morgan fingerprint density at radius 2 is 1.67 bits per heavy atom. The molecule has 0 fully saturated rings. The molecule has 0 radical (unpaired) electrons. The zero-order valence-electron chi connectivity index (χ0n) is 13.6. The molecule has 6 N–H and O–H groups in total. The van der Waals surface area contributed by atoms with Gasteiger partial charge in [0.1, 0.15) is 10.6 Å². The molecular formula is C14H15N3O8S2. The predicted molar refractivity (Wildman–Crippen MR) is 96.3 cm³/mol. The Morgan fingerprint density at radius 3 is 2.19 bits per heavy atom. The Hall–Kier alpha value is -2.74. The monoisotopic (exact) mass is 417 g/mol. The molecule has 27 heavy (non-hydrogen) atoms. The van der Waals surface area contributed by atoms with Gasteiger partial charge < -0.3 is 16.6 Å². The summed E-state index contributed by atoms with van der Waals surface area (Å²) in [5.74, 6) is -0.678. The maximum absolute atomic E-state index is 12.1. The molecule has 0 spiro atoms. The molecule has 146 valence electrons. The molecule has 2 aromatic rings. The zero-order valence-corrected chi connectivity index (χ0v) is 15.2. The number of benzene rings is 2. The largest absolute Gasteiger partial charge is 0.398 e. The van der Waals surface area contributed by atoms with Crippen LogP contribution in [0, 0.1) is 10.1 Å². The lowest BCUT2D eigenvalue weighted by Crippen LogP contribution is -2.13. The normalized spacial score (nSPS) is 12.1. The predicted octanol–water partition coefficient (Wildman–Crippen LogP) is 0.439. The molecule has 0 amide bonds. The smallest absolute Gasteiger partial charge is 0.301 e. The number of nitro groups is 1. The number of hydrogen-bond acceptors (Lipinski definition) is 9. The Kier molecular flexibility index (Phi) is 5.42. The van der Waals surface area contributed by atoms with Crippen LogP contribution in [0.25, 0.3) is 11.1 Å². The molecular weight excluding hydrogens is 402 g/mol. The van der Waals surface area contributed by atoms with E-state index in [9.17, 15) is 31.5 Å². The van der Waals surface area contributed by atoms with Crippen molar-refractivity contribution in [1.82, 2.24) is 0 Å². The average molecular weight is 417 g/mol. The van der Waals surface area contributed by atoms with E-state index < -0.39 is 58.4 Å². The average Bonchev–Trinajstić information content (AvgIpc) is 2.53. The van der Waals surface area contributed by atoms with Crippen LogP contribution in [-0.4, -0.2) is 43.8 Å². The summed E-state index contributed by atoms with van der Waals surface area (Å²) < 4.78 is 56.2. The van der Waals surface area contributed by atoms with Crippen molar-refractivity contribution in [2.24, 2.45) is 0 Å². The van der Waals surface area contributed by atoms with Crippen molar-refractivity contribution in [2.75, 3.05) is 23.8 Å². The molecule has 11 nitrogen and oxygen atoms in total. The molecule has 0 aromatic heterocycles. The molecule has 2 rings (SSSR count). The van der Waals surface area contributed by atoms with Crippen LogP contribution in [0.1, 0.15) is 0 Å². The summed E-state index contributed by atoms with van der Waals surface area (Å²) in [6, 6.07) is 5.39. The van der Waals surface area contributed by atoms with E-state index in [0.29, 0.717) is 0 Å². The second-order valence-electron chi connectivity index (χ2n) is 5.40. The zero-order chi connectivity index (χ0) is 20.6. The molecule has 0 heterocycles. The number of nitro benzene ring substituents is 1. The maximum atomic E-state index is 12.1. The van der Waals surface area contributed by atoms with Gasteiger partial charge in [0.15, 0.2) is 9.84 Å². The van der Waals surface area contributed by atoms with E-state index in [2.05, 4.69) is 0 Å². The van der Waals surface area contributed by atoms with E-state index in [1.54, 1.807) is 0 Å². The number of rotatable bonds is 6. The summed E-state index contributed by atoms with van der Waals surface area (Å²) in [5.41, 5.74) is 9.29. The van der Waals surface area contributed by atoms with Gasteiger partial charge in [-0.2, -0.15) is 8.42 Å². The van der Waals surface area contributed by atoms with Crippen molar-refractivity contribution >= 4 is 37.0 Å². The maximum Gasteiger partial charge on any atom is 0.301 e. The second-order valence-corrected chi connectivity index (χ2v) is 8.87. The van der Waals surface area contributed by atoms with Crippen LogP contribution in [0.4, 0.5) is 17.1 Å². The first kappa shape index (κ1) is 20.6. The number of aliphatic hydroxyl groups excluding tert-OH is 1. The van der Waals surface area contributed by atoms with Crippen LogP contribution >= 0.6 is 0 Å². The van der Waals surface area contributed by atoms with E-state index >= 15 is 0 Å². The van der Waals surface area contributed by atoms with E-state index in [1.165, 1.54) is 6.07 Å². The van der Waals surface area contributed by atoms with Crippen LogP contribution in [-0.2, 0) is 20.0 Å². The van der Waals surface area contributed by atoms with Crippen molar-refractivity contribution in [3.05, 3.63) is 40.4 Å². The summed E-state index contributed by atoms with van der Waals surface area (Å²) >= 11 is 0. The fourth-order valence-electron chi connectivity index (χ4n) is 2.45. The van der Waals surface area contributed by atoms with Crippen molar-refractivity contribution < 1.29 is 31.4 Å². The summed E-state index contributed by atoms with van der Waals surface area (Å²) in [6.07, 6.45) is 0. The highest BCUT2D eigenvalue weighted by Crippen LogP contribution is 2.40. The number of anilines is 2. The molecule has 0 unspecified atom stereocenters. The first-order valence-electron chi connectivity index (χ1n) is 7.18. The standard InChI is InChI=1S/C14H15N3O8S2/c15-10-3-1-8(7-12(10)27(23,24)25)9-2-4-11(26(21,22)6-5-18)13(16)14(9)17(19)20/h1-4,7,18H,5-6,15-16H2,(H,23,24,25). The summed E-state index contributed by atoms with van der Waals surface area (Å²) in [6.45, 7) is -0.701. The van der Waals surface area contributed by atoms with Gasteiger partial charge in [-0.05, 0) is 29.8 Å². The van der Waals surface area contributed by atoms with Crippen molar-refractivity contribution in [1.29, 1.82) is 0 Å². The molecule has 0 saturated heterocycles. The summed E-state index contributed by atoms with van der Waals surface area (Å²) in [4.78, 5) is 9.39. The fourth-order valence-corrected chi connectivity index (χ4v) is 4.25. The van der Waals surface area contributed by atoms with Gasteiger partial charge in [-0.1, -0.05) is 6.07 Å². The molecule has 0 bridgehead atoms. The van der Waals surface area contributed by atoms with Crippen molar-refractivity contribution in [2.45, 2.75) is 9.79 Å². The number of sulfone groups is 1. The minimum absolute atomic E-state index is 0.0265. The number of aliphatic hydroxyl groups is 1. The minimum Gasteiger partial charge on any atom is -0.398 e. The van der Waals surface area contributed by atoms with Gasteiger partial charge >= 0.3 is 5.69 Å². The molecule has 0 aliphatic heterocycles. The van der Waals surface area contributed by atoms with Crippen molar-refractivity contribution in [3.8, 4) is 11.1 Å². The number of nitrogen functional groups attached to an aromatic ring is 2. The second kappa shape index (κ2) is 7.11. The van der Waals surface area contributed by atoms with Gasteiger partial charge in [-0.25, -0.2) is 8.42 Å². The third kappa shape index (κ3) is 4.00. The Balaban J connectivity index is 2.81. The Bertz CT molecular complexity index is 1130. The Morgan fingerprint density at radius 1 is 1.04 bits per heavy atom. The van der Waals surface area contributed by atoms with Gasteiger partial charge in [-0.3, -0.25) is 14.7 Å². The molecule has 0 aliphatic carbocycles. The third-order valence-corrected chi connectivity index (χ3v) is 6.31. The quantitative estimate of drug-likeness (QED) is 0.221. The summed E-state index contributed by atoms with van der Waals surface area (Å²) in [7, 11) is -8.77. The lowest BCUT2D eigenvalue weighted by Gasteiger charge is -2.12. The van der Waals surface area contributed by atoms with Crippen LogP contribution in [0.15, 0.2) is 40.1 Å². The van der Waals surface area contributed by atoms with Crippen LogP contribution in [0.3, 0.4) is 0 Å². The molecule has 0 aliphatic rings. The van der Waals surface area contributed by atoms with Gasteiger partial charge in [-0.15, -0.1) is 0 Å². The van der Waals surface area contributed by atoms with E-state index in [0.717, 1.165) is 24.3 Å². The van der Waals surface area contributed by atoms with Crippen LogP contribution in [0.5, 0.6) is 0 Å². The first-order chi connectivity index (χ1) is 12.4. The molecule has 2 aromatic carbocycles. The van der Waals surface area contributed by atoms with Crippen LogP contribution in [0.2, 0.25) is 0 Å². The van der Waals surface area contributed by atoms with Gasteiger partial charge in [0.05, 0.1) is 33.4 Å². The molecule has 13 heteroatoms. The van der Waals surface area contributed by atoms with Gasteiger partial charge in [0.25, 0.3) is 10.1 Å². The highest BCUT2D eigenvalue weighted by atomic mass is 32.2. The van der Waals surface area contributed by atoms with E-state index in [4.69, 9.17) is 16.6 Å². The minimum atomic E-state index is -4.70. The number of hydrogen-bond donors (Lipinski definition) is 4.